The fraction of sp³-hybridized carbons (Fsp3) is 0.294. The first-order valence-corrected chi connectivity index (χ1v) is 16.2. The van der Waals surface area contributed by atoms with Gasteiger partial charge in [-0.2, -0.15) is 5.10 Å². The van der Waals surface area contributed by atoms with Crippen molar-refractivity contribution in [3.8, 4) is 17.2 Å². The summed E-state index contributed by atoms with van der Waals surface area (Å²) in [4.78, 5) is 13.7. The maximum absolute atomic E-state index is 13.7. The van der Waals surface area contributed by atoms with Gasteiger partial charge in [0.15, 0.2) is 9.84 Å². The highest BCUT2D eigenvalue weighted by atomic mass is 32.2. The summed E-state index contributed by atoms with van der Waals surface area (Å²) in [5.41, 5.74) is 5.64. The predicted octanol–water partition coefficient (Wildman–Crippen LogP) is 7.44. The van der Waals surface area contributed by atoms with Crippen molar-refractivity contribution in [3.05, 3.63) is 103 Å². The summed E-state index contributed by atoms with van der Waals surface area (Å²) >= 11 is 0. The highest BCUT2D eigenvalue weighted by molar-refractivity contribution is 7.91. The van der Waals surface area contributed by atoms with E-state index in [0.717, 1.165) is 72.0 Å². The van der Waals surface area contributed by atoms with Gasteiger partial charge in [0.2, 0.25) is 0 Å². The topological polar surface area (TPSA) is 90.6 Å². The van der Waals surface area contributed by atoms with Gasteiger partial charge in [0.05, 0.1) is 27.6 Å². The van der Waals surface area contributed by atoms with Crippen molar-refractivity contribution in [2.75, 3.05) is 5.75 Å². The summed E-state index contributed by atoms with van der Waals surface area (Å²) in [6, 6.07) is 21.4. The average Bonchev–Trinajstić information content (AvgIpc) is 3.44. The summed E-state index contributed by atoms with van der Waals surface area (Å²) in [6.45, 7) is 6.05. The Kier molecular flexibility index (Phi) is 7.98. The molecule has 42 heavy (non-hydrogen) atoms. The lowest BCUT2D eigenvalue weighted by Gasteiger charge is -2.25. The van der Waals surface area contributed by atoms with Gasteiger partial charge < -0.3 is 0 Å². The van der Waals surface area contributed by atoms with Crippen LogP contribution in [0.2, 0.25) is 0 Å². The van der Waals surface area contributed by atoms with Gasteiger partial charge in [-0.1, -0.05) is 67.5 Å². The SMILES string of the molecule is C=C(C)c1ccc(-c2cc(C3CCCCC(CS(=O)(=O)c4cccc5cccnc45)CC3)n(-c3ncccn3)n2)cc1. The van der Waals surface area contributed by atoms with E-state index in [-0.39, 0.29) is 17.6 Å². The number of nitrogens with zero attached hydrogens (tertiary/aromatic N) is 5. The summed E-state index contributed by atoms with van der Waals surface area (Å²) in [6.07, 6.45) is 10.8. The first-order valence-electron chi connectivity index (χ1n) is 14.6. The molecule has 214 valence electrons. The zero-order valence-electron chi connectivity index (χ0n) is 23.9. The van der Waals surface area contributed by atoms with Crippen molar-refractivity contribution in [3.63, 3.8) is 0 Å². The molecule has 0 spiro atoms. The molecule has 0 radical (unpaired) electrons. The molecule has 1 saturated carbocycles. The van der Waals surface area contributed by atoms with Crippen LogP contribution in [0.25, 0.3) is 33.7 Å². The summed E-state index contributed by atoms with van der Waals surface area (Å²) in [7, 11) is -3.50. The quantitative estimate of drug-likeness (QED) is 0.200. The molecule has 8 heteroatoms. The van der Waals surface area contributed by atoms with Gasteiger partial charge in [-0.25, -0.2) is 23.1 Å². The van der Waals surface area contributed by atoms with Gasteiger partial charge in [0.25, 0.3) is 5.95 Å². The van der Waals surface area contributed by atoms with Crippen LogP contribution in [-0.4, -0.2) is 38.9 Å². The van der Waals surface area contributed by atoms with Gasteiger partial charge in [0.1, 0.15) is 0 Å². The van der Waals surface area contributed by atoms with E-state index in [1.54, 1.807) is 30.7 Å². The summed E-state index contributed by atoms with van der Waals surface area (Å²) in [5, 5.41) is 5.81. The Hall–Kier alpha value is -4.17. The number of para-hydroxylation sites is 1. The molecule has 6 rings (SSSR count). The Morgan fingerprint density at radius 1 is 0.881 bits per heavy atom. The molecule has 0 saturated heterocycles. The van der Waals surface area contributed by atoms with Crippen LogP contribution in [0.5, 0.6) is 0 Å². The molecule has 1 aliphatic rings. The second kappa shape index (κ2) is 12.0. The van der Waals surface area contributed by atoms with Gasteiger partial charge in [-0.3, -0.25) is 4.98 Å². The normalized spacial score (nSPS) is 17.9. The Morgan fingerprint density at radius 3 is 2.40 bits per heavy atom. The van der Waals surface area contributed by atoms with E-state index in [1.807, 2.05) is 35.9 Å². The second-order valence-corrected chi connectivity index (χ2v) is 13.3. The van der Waals surface area contributed by atoms with Crippen LogP contribution >= 0.6 is 0 Å². The molecule has 5 aromatic rings. The van der Waals surface area contributed by atoms with Gasteiger partial charge in [-0.15, -0.1) is 0 Å². The Balaban J connectivity index is 1.27. The van der Waals surface area contributed by atoms with Crippen LogP contribution in [0.1, 0.15) is 62.6 Å². The predicted molar refractivity (Wildman–Crippen MR) is 167 cm³/mol. The van der Waals surface area contributed by atoms with Crippen LogP contribution < -0.4 is 0 Å². The van der Waals surface area contributed by atoms with Crippen molar-refractivity contribution in [2.24, 2.45) is 5.92 Å². The van der Waals surface area contributed by atoms with Crippen LogP contribution in [0.4, 0.5) is 0 Å². The molecule has 0 bridgehead atoms. The minimum Gasteiger partial charge on any atom is -0.255 e. The maximum Gasteiger partial charge on any atom is 0.250 e. The number of sulfone groups is 1. The van der Waals surface area contributed by atoms with Crippen LogP contribution in [0.15, 0.2) is 96.8 Å². The highest BCUT2D eigenvalue weighted by Gasteiger charge is 2.28. The highest BCUT2D eigenvalue weighted by Crippen LogP contribution is 2.37. The summed E-state index contributed by atoms with van der Waals surface area (Å²) < 4.78 is 29.2. The Bertz CT molecular complexity index is 1810. The van der Waals surface area contributed by atoms with Crippen molar-refractivity contribution in [1.82, 2.24) is 24.7 Å². The molecule has 3 aromatic heterocycles. The second-order valence-electron chi connectivity index (χ2n) is 11.3. The lowest BCUT2D eigenvalue weighted by molar-refractivity contribution is 0.369. The molecular weight excluding hydrogens is 542 g/mol. The molecule has 1 fully saturated rings. The maximum atomic E-state index is 13.7. The van der Waals surface area contributed by atoms with E-state index >= 15 is 0 Å². The zero-order chi connectivity index (χ0) is 29.1. The lowest BCUT2D eigenvalue weighted by atomic mass is 9.84. The fourth-order valence-corrected chi connectivity index (χ4v) is 7.94. The number of rotatable bonds is 7. The third-order valence-corrected chi connectivity index (χ3v) is 10.2. The Morgan fingerprint density at radius 2 is 1.62 bits per heavy atom. The fourth-order valence-electron chi connectivity index (χ4n) is 6.05. The van der Waals surface area contributed by atoms with E-state index in [2.05, 4.69) is 51.9 Å². The monoisotopic (exact) mass is 577 g/mol. The molecule has 2 unspecified atom stereocenters. The van der Waals surface area contributed by atoms with Crippen molar-refractivity contribution in [2.45, 2.75) is 56.3 Å². The molecule has 7 nitrogen and oxygen atoms in total. The standard InChI is InChI=1S/C34H35N5O2S/c1-24(2)26-15-17-27(18-16-26)30-22-31(39(38-30)34-36-20-7-21-37-34)28-9-4-3-8-25(13-14-28)23-42(40,41)32-12-5-10-29-11-6-19-35-33(29)32/h5-7,10-12,15-22,25,28H,1,3-4,8-9,13-14,23H2,2H3. The first kappa shape index (κ1) is 28.0. The van der Waals surface area contributed by atoms with E-state index in [9.17, 15) is 8.42 Å². The van der Waals surface area contributed by atoms with E-state index < -0.39 is 9.84 Å². The van der Waals surface area contributed by atoms with Crippen LogP contribution in [0.3, 0.4) is 0 Å². The molecule has 2 atom stereocenters. The lowest BCUT2D eigenvalue weighted by Crippen LogP contribution is -2.20. The zero-order valence-corrected chi connectivity index (χ0v) is 24.7. The number of hydrogen-bond donors (Lipinski definition) is 0. The van der Waals surface area contributed by atoms with E-state index in [4.69, 9.17) is 5.10 Å². The number of pyridine rings is 1. The number of benzene rings is 2. The minimum atomic E-state index is -3.50. The van der Waals surface area contributed by atoms with E-state index in [1.165, 1.54) is 0 Å². The molecular formula is C34H35N5O2S. The largest absolute Gasteiger partial charge is 0.255 e. The van der Waals surface area contributed by atoms with Crippen LogP contribution in [0, 0.1) is 5.92 Å². The van der Waals surface area contributed by atoms with Gasteiger partial charge in [0, 0.05) is 35.5 Å². The van der Waals surface area contributed by atoms with Crippen molar-refractivity contribution >= 4 is 26.3 Å². The number of hydrogen-bond acceptors (Lipinski definition) is 6. The number of fused-ring (bicyclic) bond motifs is 1. The van der Waals surface area contributed by atoms with Crippen molar-refractivity contribution in [1.29, 1.82) is 0 Å². The molecule has 3 heterocycles. The van der Waals surface area contributed by atoms with Crippen LogP contribution in [-0.2, 0) is 9.84 Å². The third kappa shape index (κ3) is 5.90. The van der Waals surface area contributed by atoms with E-state index in [0.29, 0.717) is 16.4 Å². The molecule has 2 aromatic carbocycles. The molecule has 1 aliphatic carbocycles. The smallest absolute Gasteiger partial charge is 0.250 e. The average molecular weight is 578 g/mol. The van der Waals surface area contributed by atoms with Gasteiger partial charge >= 0.3 is 0 Å². The first-order chi connectivity index (χ1) is 20.4. The Labute approximate surface area is 247 Å². The number of allylic oxidation sites excluding steroid dienone is 1. The summed E-state index contributed by atoms with van der Waals surface area (Å²) in [5.74, 6) is 0.975. The van der Waals surface area contributed by atoms with Crippen molar-refractivity contribution < 1.29 is 8.42 Å². The third-order valence-electron chi connectivity index (χ3n) is 8.29. The molecule has 0 N–H and O–H groups in total. The molecule has 0 aliphatic heterocycles. The molecule has 0 amide bonds. The minimum absolute atomic E-state index is 0.0790. The van der Waals surface area contributed by atoms with Gasteiger partial charge in [-0.05, 0) is 68.4 Å². The number of aromatic nitrogens is 5.